The Labute approximate surface area is 167 Å². The van der Waals surface area contributed by atoms with Crippen molar-refractivity contribution in [2.24, 2.45) is 0 Å². The Bertz CT molecular complexity index is 770. The lowest BCUT2D eigenvalue weighted by molar-refractivity contribution is -0.909. The molecule has 0 aliphatic carbocycles. The average Bonchev–Trinajstić information content (AvgIpc) is 2.74. The van der Waals surface area contributed by atoms with Crippen molar-refractivity contribution < 1.29 is 19.2 Å². The SMILES string of the molecule is CCOc1ccccc1/C=C/C(=O)N[C@@H](C[NH+]1CCOCC1)c1ccccc1. The maximum Gasteiger partial charge on any atom is 0.244 e. The zero-order valence-electron chi connectivity index (χ0n) is 16.4. The highest BCUT2D eigenvalue weighted by Gasteiger charge is 2.22. The highest BCUT2D eigenvalue weighted by Crippen LogP contribution is 2.19. The molecule has 28 heavy (non-hydrogen) atoms. The Morgan fingerprint density at radius 2 is 1.86 bits per heavy atom. The van der Waals surface area contributed by atoms with Gasteiger partial charge in [-0.05, 0) is 24.6 Å². The van der Waals surface area contributed by atoms with Gasteiger partial charge in [0.1, 0.15) is 31.4 Å². The van der Waals surface area contributed by atoms with Crippen LogP contribution in [0.5, 0.6) is 5.75 Å². The van der Waals surface area contributed by atoms with Crippen LogP contribution in [-0.2, 0) is 9.53 Å². The summed E-state index contributed by atoms with van der Waals surface area (Å²) in [6, 6.07) is 17.8. The molecule has 148 valence electrons. The molecule has 5 heteroatoms. The summed E-state index contributed by atoms with van der Waals surface area (Å²) in [4.78, 5) is 14.1. The molecule has 0 aromatic heterocycles. The molecule has 1 saturated heterocycles. The highest BCUT2D eigenvalue weighted by atomic mass is 16.5. The summed E-state index contributed by atoms with van der Waals surface area (Å²) in [5.74, 6) is 0.680. The van der Waals surface area contributed by atoms with Gasteiger partial charge in [-0.15, -0.1) is 0 Å². The van der Waals surface area contributed by atoms with Crippen molar-refractivity contribution in [1.29, 1.82) is 0 Å². The zero-order chi connectivity index (χ0) is 19.6. The van der Waals surface area contributed by atoms with E-state index in [0.29, 0.717) is 6.61 Å². The van der Waals surface area contributed by atoms with E-state index in [0.717, 1.165) is 49.7 Å². The fourth-order valence-electron chi connectivity index (χ4n) is 3.38. The molecule has 0 spiro atoms. The number of carbonyl (C=O) groups excluding carboxylic acids is 1. The zero-order valence-corrected chi connectivity index (χ0v) is 16.4. The third-order valence-corrected chi connectivity index (χ3v) is 4.84. The van der Waals surface area contributed by atoms with Crippen molar-refractivity contribution in [3.63, 3.8) is 0 Å². The van der Waals surface area contributed by atoms with E-state index in [-0.39, 0.29) is 11.9 Å². The molecule has 2 aromatic carbocycles. The van der Waals surface area contributed by atoms with Crippen molar-refractivity contribution in [3.8, 4) is 5.75 Å². The van der Waals surface area contributed by atoms with Crippen molar-refractivity contribution in [3.05, 3.63) is 71.8 Å². The number of benzene rings is 2. The van der Waals surface area contributed by atoms with Crippen molar-refractivity contribution in [2.45, 2.75) is 13.0 Å². The Morgan fingerprint density at radius 1 is 1.14 bits per heavy atom. The quantitative estimate of drug-likeness (QED) is 0.687. The number of amides is 1. The van der Waals surface area contributed by atoms with Gasteiger partial charge in [0.25, 0.3) is 0 Å². The predicted molar refractivity (Wildman–Crippen MR) is 110 cm³/mol. The maximum absolute atomic E-state index is 12.6. The van der Waals surface area contributed by atoms with Gasteiger partial charge in [0.2, 0.25) is 5.91 Å². The molecule has 1 heterocycles. The van der Waals surface area contributed by atoms with Crippen molar-refractivity contribution >= 4 is 12.0 Å². The molecule has 1 atom stereocenters. The van der Waals surface area contributed by atoms with Crippen LogP contribution in [0.1, 0.15) is 24.1 Å². The lowest BCUT2D eigenvalue weighted by atomic mass is 10.1. The lowest BCUT2D eigenvalue weighted by Crippen LogP contribution is -3.14. The maximum atomic E-state index is 12.6. The molecule has 0 unspecified atom stereocenters. The minimum atomic E-state index is -0.104. The van der Waals surface area contributed by atoms with Gasteiger partial charge in [0.15, 0.2) is 0 Å². The number of ether oxygens (including phenoxy) is 2. The molecule has 5 nitrogen and oxygen atoms in total. The van der Waals surface area contributed by atoms with Gasteiger partial charge in [-0.2, -0.15) is 0 Å². The summed E-state index contributed by atoms with van der Waals surface area (Å²) in [6.45, 7) is 6.88. The van der Waals surface area contributed by atoms with Crippen LogP contribution >= 0.6 is 0 Å². The van der Waals surface area contributed by atoms with E-state index in [1.54, 1.807) is 6.08 Å². The van der Waals surface area contributed by atoms with Crippen molar-refractivity contribution in [1.82, 2.24) is 5.32 Å². The van der Waals surface area contributed by atoms with E-state index in [1.807, 2.05) is 55.5 Å². The van der Waals surface area contributed by atoms with Crippen LogP contribution in [0.15, 0.2) is 60.7 Å². The summed E-state index contributed by atoms with van der Waals surface area (Å²) in [7, 11) is 0. The summed E-state index contributed by atoms with van der Waals surface area (Å²) in [5.41, 5.74) is 2.02. The van der Waals surface area contributed by atoms with Crippen LogP contribution in [0, 0.1) is 0 Å². The minimum absolute atomic E-state index is 0.0337. The summed E-state index contributed by atoms with van der Waals surface area (Å²) in [6.07, 6.45) is 3.40. The number of carbonyl (C=O) groups is 1. The van der Waals surface area contributed by atoms with Gasteiger partial charge in [-0.3, -0.25) is 4.79 Å². The Kier molecular flexibility index (Phi) is 7.64. The molecular formula is C23H29N2O3+. The number of nitrogens with one attached hydrogen (secondary N) is 2. The fourth-order valence-corrected chi connectivity index (χ4v) is 3.38. The van der Waals surface area contributed by atoms with Crippen LogP contribution in [0.4, 0.5) is 0 Å². The summed E-state index contributed by atoms with van der Waals surface area (Å²) in [5, 5.41) is 3.17. The Morgan fingerprint density at radius 3 is 2.61 bits per heavy atom. The van der Waals surface area contributed by atoms with Gasteiger partial charge in [0, 0.05) is 11.6 Å². The molecule has 1 aliphatic heterocycles. The van der Waals surface area contributed by atoms with Gasteiger partial charge in [-0.1, -0.05) is 48.5 Å². The van der Waals surface area contributed by atoms with E-state index in [1.165, 1.54) is 4.90 Å². The van der Waals surface area contributed by atoms with Gasteiger partial charge in [0.05, 0.1) is 19.8 Å². The largest absolute Gasteiger partial charge is 0.493 e. The van der Waals surface area contributed by atoms with E-state index in [9.17, 15) is 4.79 Å². The first-order valence-corrected chi connectivity index (χ1v) is 9.93. The highest BCUT2D eigenvalue weighted by molar-refractivity contribution is 5.92. The third kappa shape index (κ3) is 5.94. The molecule has 1 aliphatic rings. The van der Waals surface area contributed by atoms with Gasteiger partial charge in [-0.25, -0.2) is 0 Å². The van der Waals surface area contributed by atoms with E-state index >= 15 is 0 Å². The third-order valence-electron chi connectivity index (χ3n) is 4.84. The topological polar surface area (TPSA) is 52.0 Å². The molecule has 0 bridgehead atoms. The predicted octanol–water partition coefficient (Wildman–Crippen LogP) is 1.87. The number of morpholine rings is 1. The second kappa shape index (κ2) is 10.6. The number of para-hydroxylation sites is 1. The molecular weight excluding hydrogens is 352 g/mol. The molecule has 0 saturated carbocycles. The molecule has 3 rings (SSSR count). The standard InChI is InChI=1S/C23H28N2O3/c1-2-28-22-11-7-6-10-20(22)12-13-23(26)24-21(19-8-4-3-5-9-19)18-25-14-16-27-17-15-25/h3-13,21H,2,14-18H2,1H3,(H,24,26)/p+1/b13-12+/t21-/m0/s1. The minimum Gasteiger partial charge on any atom is -0.493 e. The number of hydrogen-bond donors (Lipinski definition) is 2. The van der Waals surface area contributed by atoms with Gasteiger partial charge >= 0.3 is 0 Å². The average molecular weight is 381 g/mol. The second-order valence-electron chi connectivity index (χ2n) is 6.84. The molecule has 2 N–H and O–H groups in total. The first-order valence-electron chi connectivity index (χ1n) is 9.93. The molecule has 0 radical (unpaired) electrons. The smallest absolute Gasteiger partial charge is 0.244 e. The summed E-state index contributed by atoms with van der Waals surface area (Å²) < 4.78 is 11.1. The number of hydrogen-bond acceptors (Lipinski definition) is 3. The first-order chi connectivity index (χ1) is 13.8. The monoisotopic (exact) mass is 381 g/mol. The molecule has 1 fully saturated rings. The van der Waals surface area contributed by atoms with Gasteiger partial charge < -0.3 is 19.7 Å². The van der Waals surface area contributed by atoms with Crippen LogP contribution in [0.25, 0.3) is 6.08 Å². The normalized spacial score (nSPS) is 16.0. The number of quaternary nitrogens is 1. The van der Waals surface area contributed by atoms with Crippen molar-refractivity contribution in [2.75, 3.05) is 39.5 Å². The van der Waals surface area contributed by atoms with E-state index in [4.69, 9.17) is 9.47 Å². The van der Waals surface area contributed by atoms with Crippen LogP contribution < -0.4 is 15.0 Å². The Balaban J connectivity index is 1.68. The van der Waals surface area contributed by atoms with Crippen LogP contribution in [-0.4, -0.2) is 45.4 Å². The fraction of sp³-hybridized carbons (Fsp3) is 0.348. The Hall–Kier alpha value is -2.63. The second-order valence-corrected chi connectivity index (χ2v) is 6.84. The molecule has 1 amide bonds. The summed E-state index contributed by atoms with van der Waals surface area (Å²) >= 11 is 0. The van der Waals surface area contributed by atoms with E-state index in [2.05, 4.69) is 17.4 Å². The number of rotatable bonds is 8. The first kappa shape index (κ1) is 20.1. The molecule has 2 aromatic rings. The van der Waals surface area contributed by atoms with Crippen LogP contribution in [0.3, 0.4) is 0 Å². The van der Waals surface area contributed by atoms with E-state index < -0.39 is 0 Å². The van der Waals surface area contributed by atoms with Crippen LogP contribution in [0.2, 0.25) is 0 Å². The lowest BCUT2D eigenvalue weighted by Gasteiger charge is -2.28.